The summed E-state index contributed by atoms with van der Waals surface area (Å²) in [6.07, 6.45) is 1.63. The summed E-state index contributed by atoms with van der Waals surface area (Å²) in [5.41, 5.74) is 2.76. The second-order valence-electron chi connectivity index (χ2n) is 4.38. The highest BCUT2D eigenvalue weighted by atomic mass is 16.4. The van der Waals surface area contributed by atoms with Crippen LogP contribution in [0, 0.1) is 13.8 Å². The molecular formula is C14H16N4O2. The van der Waals surface area contributed by atoms with Crippen molar-refractivity contribution in [3.8, 4) is 5.69 Å². The monoisotopic (exact) mass is 272 g/mol. The Morgan fingerprint density at radius 1 is 1.45 bits per heavy atom. The van der Waals surface area contributed by atoms with Gasteiger partial charge in [-0.15, -0.1) is 21.6 Å². The van der Waals surface area contributed by atoms with Crippen molar-refractivity contribution in [2.45, 2.75) is 13.8 Å². The summed E-state index contributed by atoms with van der Waals surface area (Å²) in [6, 6.07) is 5.72. The predicted molar refractivity (Wildman–Crippen MR) is 76.5 cm³/mol. The molecule has 0 fully saturated rings. The van der Waals surface area contributed by atoms with Gasteiger partial charge in [0.05, 0.1) is 5.69 Å². The number of aromatic nitrogens is 3. The molecule has 0 radical (unpaired) electrons. The van der Waals surface area contributed by atoms with E-state index in [4.69, 9.17) is 5.11 Å². The number of benzene rings is 1. The van der Waals surface area contributed by atoms with Gasteiger partial charge in [-0.25, -0.2) is 4.79 Å². The Morgan fingerprint density at radius 3 is 2.85 bits per heavy atom. The fraction of sp³-hybridized carbons (Fsp3) is 0.214. The standard InChI is InChI=1S/C14H16N4O2/c1-4-8-15-13-12(14(19)20)16-18(17-13)11-7-5-6-9(2)10(11)3/h4-7H,1,8H2,2-3H3,(H,15,17)(H,19,20). The maximum atomic E-state index is 11.2. The van der Waals surface area contributed by atoms with Crippen molar-refractivity contribution in [3.05, 3.63) is 47.7 Å². The minimum absolute atomic E-state index is 0.104. The highest BCUT2D eigenvalue weighted by molar-refractivity contribution is 5.90. The summed E-state index contributed by atoms with van der Waals surface area (Å²) in [5.74, 6) is -0.883. The fourth-order valence-corrected chi connectivity index (χ4v) is 1.80. The quantitative estimate of drug-likeness (QED) is 0.815. The van der Waals surface area contributed by atoms with E-state index >= 15 is 0 Å². The molecule has 0 aliphatic carbocycles. The van der Waals surface area contributed by atoms with Crippen molar-refractivity contribution < 1.29 is 9.90 Å². The number of nitrogens with zero attached hydrogens (tertiary/aromatic N) is 3. The van der Waals surface area contributed by atoms with Crippen LogP contribution in [0.4, 0.5) is 5.82 Å². The van der Waals surface area contributed by atoms with Gasteiger partial charge in [0.15, 0.2) is 5.82 Å². The zero-order valence-electron chi connectivity index (χ0n) is 11.4. The zero-order chi connectivity index (χ0) is 14.7. The third kappa shape index (κ3) is 2.54. The van der Waals surface area contributed by atoms with E-state index in [1.54, 1.807) is 6.08 Å². The van der Waals surface area contributed by atoms with Crippen molar-refractivity contribution >= 4 is 11.8 Å². The maximum Gasteiger partial charge on any atom is 0.360 e. The van der Waals surface area contributed by atoms with Crippen LogP contribution in [0.25, 0.3) is 5.69 Å². The number of aryl methyl sites for hydroxylation is 1. The van der Waals surface area contributed by atoms with E-state index < -0.39 is 5.97 Å². The van der Waals surface area contributed by atoms with Crippen LogP contribution in [-0.4, -0.2) is 32.6 Å². The molecule has 0 amide bonds. The Labute approximate surface area is 116 Å². The van der Waals surface area contributed by atoms with Gasteiger partial charge in [0, 0.05) is 6.54 Å². The van der Waals surface area contributed by atoms with Gasteiger partial charge >= 0.3 is 5.97 Å². The van der Waals surface area contributed by atoms with Crippen LogP contribution < -0.4 is 5.32 Å². The first-order valence-corrected chi connectivity index (χ1v) is 6.16. The Bertz CT molecular complexity index is 661. The average Bonchev–Trinajstić information content (AvgIpc) is 2.83. The Kier molecular flexibility index (Phi) is 3.84. The molecule has 0 saturated carbocycles. The van der Waals surface area contributed by atoms with E-state index in [-0.39, 0.29) is 11.5 Å². The highest BCUT2D eigenvalue weighted by Gasteiger charge is 2.18. The third-order valence-corrected chi connectivity index (χ3v) is 3.02. The second kappa shape index (κ2) is 5.56. The van der Waals surface area contributed by atoms with Crippen molar-refractivity contribution in [1.82, 2.24) is 15.0 Å². The van der Waals surface area contributed by atoms with Crippen LogP contribution in [0.5, 0.6) is 0 Å². The molecule has 0 aliphatic rings. The molecule has 0 aliphatic heterocycles. The molecule has 0 atom stereocenters. The summed E-state index contributed by atoms with van der Waals surface area (Å²) in [5, 5.41) is 20.3. The fourth-order valence-electron chi connectivity index (χ4n) is 1.80. The average molecular weight is 272 g/mol. The lowest BCUT2D eigenvalue weighted by molar-refractivity contribution is 0.0691. The summed E-state index contributed by atoms with van der Waals surface area (Å²) in [7, 11) is 0. The first kappa shape index (κ1) is 13.8. The van der Waals surface area contributed by atoms with Crippen LogP contribution in [0.15, 0.2) is 30.9 Å². The minimum atomic E-state index is -1.12. The molecule has 0 unspecified atom stereocenters. The number of hydrogen-bond acceptors (Lipinski definition) is 4. The smallest absolute Gasteiger partial charge is 0.360 e. The number of nitrogens with one attached hydrogen (secondary N) is 1. The van der Waals surface area contributed by atoms with Crippen LogP contribution in [0.1, 0.15) is 21.6 Å². The van der Waals surface area contributed by atoms with E-state index in [1.807, 2.05) is 32.0 Å². The number of aromatic carboxylic acids is 1. The van der Waals surface area contributed by atoms with Crippen LogP contribution in [0.2, 0.25) is 0 Å². The first-order valence-electron chi connectivity index (χ1n) is 6.16. The van der Waals surface area contributed by atoms with Gasteiger partial charge in [-0.1, -0.05) is 18.2 Å². The SMILES string of the molecule is C=CCNc1nn(-c2cccc(C)c2C)nc1C(=O)O. The van der Waals surface area contributed by atoms with Gasteiger partial charge in [0.2, 0.25) is 5.69 Å². The van der Waals surface area contributed by atoms with Gasteiger partial charge in [-0.3, -0.25) is 0 Å². The van der Waals surface area contributed by atoms with Gasteiger partial charge in [-0.05, 0) is 31.0 Å². The number of anilines is 1. The van der Waals surface area contributed by atoms with Gasteiger partial charge in [0.25, 0.3) is 0 Å². The largest absolute Gasteiger partial charge is 0.476 e. The predicted octanol–water partition coefficient (Wildman–Crippen LogP) is 2.18. The van der Waals surface area contributed by atoms with Crippen molar-refractivity contribution in [2.75, 3.05) is 11.9 Å². The molecule has 6 nitrogen and oxygen atoms in total. The van der Waals surface area contributed by atoms with E-state index in [0.717, 1.165) is 16.8 Å². The Hall–Kier alpha value is -2.63. The van der Waals surface area contributed by atoms with E-state index in [2.05, 4.69) is 22.1 Å². The van der Waals surface area contributed by atoms with E-state index in [0.29, 0.717) is 6.54 Å². The Morgan fingerprint density at radius 2 is 2.20 bits per heavy atom. The normalized spacial score (nSPS) is 10.3. The molecule has 0 spiro atoms. The van der Waals surface area contributed by atoms with Crippen LogP contribution in [-0.2, 0) is 0 Å². The molecule has 2 N–H and O–H groups in total. The van der Waals surface area contributed by atoms with Crippen LogP contribution in [0.3, 0.4) is 0 Å². The molecule has 0 bridgehead atoms. The molecule has 1 aromatic heterocycles. The van der Waals surface area contributed by atoms with E-state index in [1.165, 1.54) is 4.80 Å². The second-order valence-corrected chi connectivity index (χ2v) is 4.38. The molecule has 2 rings (SSSR count). The summed E-state index contributed by atoms with van der Waals surface area (Å²) in [4.78, 5) is 12.5. The van der Waals surface area contributed by atoms with Crippen molar-refractivity contribution in [2.24, 2.45) is 0 Å². The molecule has 2 aromatic rings. The molecule has 104 valence electrons. The van der Waals surface area contributed by atoms with Gasteiger partial charge < -0.3 is 10.4 Å². The molecule has 20 heavy (non-hydrogen) atoms. The lowest BCUT2D eigenvalue weighted by Crippen LogP contribution is -2.05. The summed E-state index contributed by atoms with van der Waals surface area (Å²) >= 11 is 0. The maximum absolute atomic E-state index is 11.2. The Balaban J connectivity index is 2.50. The number of hydrogen-bond donors (Lipinski definition) is 2. The summed E-state index contributed by atoms with van der Waals surface area (Å²) in [6.45, 7) is 7.93. The summed E-state index contributed by atoms with van der Waals surface area (Å²) < 4.78 is 0. The number of rotatable bonds is 5. The lowest BCUT2D eigenvalue weighted by atomic mass is 10.1. The molecule has 0 saturated heterocycles. The molecule has 1 heterocycles. The highest BCUT2D eigenvalue weighted by Crippen LogP contribution is 2.18. The molecular weight excluding hydrogens is 256 g/mol. The third-order valence-electron chi connectivity index (χ3n) is 3.02. The number of carbonyl (C=O) groups is 1. The first-order chi connectivity index (χ1) is 9.54. The van der Waals surface area contributed by atoms with Gasteiger partial charge in [-0.2, -0.15) is 0 Å². The van der Waals surface area contributed by atoms with Crippen LogP contribution >= 0.6 is 0 Å². The lowest BCUT2D eigenvalue weighted by Gasteiger charge is -2.06. The number of carboxylic acids is 1. The number of carboxylic acid groups (broad SMARTS) is 1. The van der Waals surface area contributed by atoms with Crippen molar-refractivity contribution in [3.63, 3.8) is 0 Å². The molecule has 1 aromatic carbocycles. The van der Waals surface area contributed by atoms with Crippen molar-refractivity contribution in [1.29, 1.82) is 0 Å². The zero-order valence-corrected chi connectivity index (χ0v) is 11.4. The van der Waals surface area contributed by atoms with E-state index in [9.17, 15) is 4.79 Å². The minimum Gasteiger partial charge on any atom is -0.476 e. The molecule has 6 heteroatoms. The van der Waals surface area contributed by atoms with Gasteiger partial charge in [0.1, 0.15) is 0 Å². The topological polar surface area (TPSA) is 80.0 Å².